The van der Waals surface area contributed by atoms with E-state index in [1.54, 1.807) is 6.07 Å². The molecule has 54 heavy (non-hydrogen) atoms. The number of hydrogen-bond donors (Lipinski definition) is 0. The summed E-state index contributed by atoms with van der Waals surface area (Å²) >= 11 is 0. The third-order valence-electron chi connectivity index (χ3n) is 12.6. The normalized spacial score (nSPS) is 14.6. The summed E-state index contributed by atoms with van der Waals surface area (Å²) in [6.07, 6.45) is 0. The van der Waals surface area contributed by atoms with Gasteiger partial charge in [0.1, 0.15) is 12.1 Å². The van der Waals surface area contributed by atoms with Gasteiger partial charge in [-0.25, -0.2) is 0 Å². The largest absolute Gasteiger partial charge is 0.308 e. The molecule has 2 aliphatic carbocycles. The average Bonchev–Trinajstić information content (AvgIpc) is 3.84. The molecule has 0 saturated carbocycles. The number of aromatic nitrogens is 2. The fourth-order valence-electron chi connectivity index (χ4n) is 9.97. The van der Waals surface area contributed by atoms with Crippen molar-refractivity contribution in [1.29, 1.82) is 10.5 Å². The van der Waals surface area contributed by atoms with Gasteiger partial charge < -0.3 is 9.13 Å². The van der Waals surface area contributed by atoms with Gasteiger partial charge in [-0.1, -0.05) is 113 Å². The van der Waals surface area contributed by atoms with Gasteiger partial charge in [0.2, 0.25) is 0 Å². The van der Waals surface area contributed by atoms with Gasteiger partial charge in [-0.3, -0.25) is 0 Å². The van der Waals surface area contributed by atoms with E-state index in [1.807, 2.05) is 0 Å². The number of nitrogens with zero attached hydrogens (tertiary/aromatic N) is 4. The van der Waals surface area contributed by atoms with Crippen LogP contribution in [0, 0.1) is 22.7 Å². The minimum Gasteiger partial charge on any atom is -0.308 e. The van der Waals surface area contributed by atoms with Crippen molar-refractivity contribution < 1.29 is 0 Å². The van der Waals surface area contributed by atoms with Crippen LogP contribution >= 0.6 is 0 Å². The maximum absolute atomic E-state index is 10.8. The third-order valence-corrected chi connectivity index (χ3v) is 12.6. The minimum atomic E-state index is -0.189. The second-order valence-corrected chi connectivity index (χ2v) is 16.0. The van der Waals surface area contributed by atoms with E-state index >= 15 is 0 Å². The molecule has 4 heteroatoms. The molecule has 0 amide bonds. The minimum absolute atomic E-state index is 0.189. The van der Waals surface area contributed by atoms with Crippen molar-refractivity contribution in [2.45, 2.75) is 38.5 Å². The molecular formula is C50H34N4. The molecule has 7 aromatic carbocycles. The van der Waals surface area contributed by atoms with Crippen LogP contribution in [-0.4, -0.2) is 9.13 Å². The Balaban J connectivity index is 1.24. The van der Waals surface area contributed by atoms with Crippen molar-refractivity contribution in [2.24, 2.45) is 0 Å². The maximum atomic E-state index is 10.8. The molecule has 9 aromatic rings. The van der Waals surface area contributed by atoms with E-state index in [0.29, 0.717) is 11.1 Å². The molecule has 2 aliphatic rings. The number of fused-ring (bicyclic) bond motifs is 12. The Bertz CT molecular complexity index is 3030. The summed E-state index contributed by atoms with van der Waals surface area (Å²) in [5.41, 5.74) is 16.4. The molecule has 4 nitrogen and oxygen atoms in total. The van der Waals surface area contributed by atoms with Crippen molar-refractivity contribution in [2.75, 3.05) is 0 Å². The summed E-state index contributed by atoms with van der Waals surface area (Å²) in [6.45, 7) is 9.21. The highest BCUT2D eigenvalue weighted by molar-refractivity contribution is 6.13. The molecule has 0 radical (unpaired) electrons. The first-order valence-electron chi connectivity index (χ1n) is 18.6. The number of benzene rings is 7. The number of rotatable bonds is 2. The summed E-state index contributed by atoms with van der Waals surface area (Å²) in [5, 5.41) is 26.1. The Hall–Kier alpha value is -6.88. The van der Waals surface area contributed by atoms with Gasteiger partial charge in [0.25, 0.3) is 0 Å². The maximum Gasteiger partial charge on any atom is 0.101 e. The van der Waals surface area contributed by atoms with E-state index in [0.717, 1.165) is 55.0 Å². The number of nitriles is 2. The van der Waals surface area contributed by atoms with Crippen LogP contribution in [0.2, 0.25) is 0 Å². The van der Waals surface area contributed by atoms with Gasteiger partial charge >= 0.3 is 0 Å². The second kappa shape index (κ2) is 10.4. The molecule has 0 fully saturated rings. The fraction of sp³-hybridized carbons (Fsp3) is 0.120. The highest BCUT2D eigenvalue weighted by Crippen LogP contribution is 2.53. The van der Waals surface area contributed by atoms with Crippen LogP contribution in [0.1, 0.15) is 61.1 Å². The molecule has 0 N–H and O–H groups in total. The predicted molar refractivity (Wildman–Crippen MR) is 220 cm³/mol. The predicted octanol–water partition coefficient (Wildman–Crippen LogP) is 12.2. The first-order valence-corrected chi connectivity index (χ1v) is 18.6. The molecule has 0 atom stereocenters. The Morgan fingerprint density at radius 1 is 0.389 bits per heavy atom. The van der Waals surface area contributed by atoms with Gasteiger partial charge in [-0.2, -0.15) is 10.5 Å². The standard InChI is InChI=1S/C50H34N4/c1-49(2)39-17-9-5-13-31(39)35-22-37-33-15-7-11-19-43(33)53(47(37)24-41(35)49)45-26-46(30(28-52)21-29(45)27-51)54-44-20-12-8-16-34(44)38-23-36-32-14-6-10-18-40(32)50(3,4)42(36)25-48(38)54/h5-26H,1-4H3. The van der Waals surface area contributed by atoms with Gasteiger partial charge in [0, 0.05) is 32.4 Å². The highest BCUT2D eigenvalue weighted by Gasteiger charge is 2.38. The molecule has 0 spiro atoms. The lowest BCUT2D eigenvalue weighted by Gasteiger charge is -2.22. The first kappa shape index (κ1) is 30.7. The van der Waals surface area contributed by atoms with E-state index in [1.165, 1.54) is 44.5 Å². The number of hydrogen-bond acceptors (Lipinski definition) is 2. The zero-order valence-corrected chi connectivity index (χ0v) is 30.5. The van der Waals surface area contributed by atoms with Crippen molar-refractivity contribution in [3.05, 3.63) is 167 Å². The molecule has 2 aromatic heterocycles. The van der Waals surface area contributed by atoms with Crippen LogP contribution < -0.4 is 0 Å². The Morgan fingerprint density at radius 3 is 1.24 bits per heavy atom. The van der Waals surface area contributed by atoms with Crippen molar-refractivity contribution >= 4 is 43.6 Å². The van der Waals surface area contributed by atoms with Crippen molar-refractivity contribution in [3.8, 4) is 45.8 Å². The monoisotopic (exact) mass is 690 g/mol. The van der Waals surface area contributed by atoms with Gasteiger partial charge in [-0.05, 0) is 93.0 Å². The quantitative estimate of drug-likeness (QED) is 0.181. The summed E-state index contributed by atoms with van der Waals surface area (Å²) in [7, 11) is 0. The Labute approximate surface area is 313 Å². The fourth-order valence-corrected chi connectivity index (χ4v) is 9.97. The summed E-state index contributed by atoms with van der Waals surface area (Å²) < 4.78 is 4.50. The summed E-state index contributed by atoms with van der Waals surface area (Å²) in [4.78, 5) is 0. The topological polar surface area (TPSA) is 57.4 Å². The van der Waals surface area contributed by atoms with Crippen LogP contribution in [0.25, 0.3) is 77.2 Å². The van der Waals surface area contributed by atoms with Gasteiger partial charge in [0.05, 0.1) is 44.6 Å². The Morgan fingerprint density at radius 2 is 0.796 bits per heavy atom. The van der Waals surface area contributed by atoms with E-state index in [2.05, 4.69) is 176 Å². The van der Waals surface area contributed by atoms with Crippen LogP contribution in [0.3, 0.4) is 0 Å². The molecular weight excluding hydrogens is 657 g/mol. The third kappa shape index (κ3) is 3.75. The second-order valence-electron chi connectivity index (χ2n) is 16.0. The summed E-state index contributed by atoms with van der Waals surface area (Å²) in [5.74, 6) is 0. The first-order chi connectivity index (χ1) is 26.2. The molecule has 0 aliphatic heterocycles. The molecule has 0 unspecified atom stereocenters. The molecule has 11 rings (SSSR count). The molecule has 0 bridgehead atoms. The van der Waals surface area contributed by atoms with Crippen molar-refractivity contribution in [1.82, 2.24) is 9.13 Å². The molecule has 0 saturated heterocycles. The van der Waals surface area contributed by atoms with E-state index in [-0.39, 0.29) is 10.8 Å². The van der Waals surface area contributed by atoms with Crippen LogP contribution in [0.5, 0.6) is 0 Å². The van der Waals surface area contributed by atoms with Crippen LogP contribution in [0.4, 0.5) is 0 Å². The lowest BCUT2D eigenvalue weighted by molar-refractivity contribution is 0.661. The number of para-hydroxylation sites is 2. The van der Waals surface area contributed by atoms with E-state index in [4.69, 9.17) is 0 Å². The van der Waals surface area contributed by atoms with Crippen LogP contribution in [-0.2, 0) is 10.8 Å². The van der Waals surface area contributed by atoms with E-state index in [9.17, 15) is 10.5 Å². The highest BCUT2D eigenvalue weighted by atomic mass is 15.0. The summed E-state index contributed by atoms with van der Waals surface area (Å²) in [6, 6.07) is 52.6. The zero-order chi connectivity index (χ0) is 36.7. The van der Waals surface area contributed by atoms with E-state index < -0.39 is 0 Å². The Kier molecular flexibility index (Phi) is 5.90. The lowest BCUT2D eigenvalue weighted by Crippen LogP contribution is -2.15. The zero-order valence-electron chi connectivity index (χ0n) is 30.5. The smallest absolute Gasteiger partial charge is 0.101 e. The van der Waals surface area contributed by atoms with Crippen molar-refractivity contribution in [3.63, 3.8) is 0 Å². The lowest BCUT2D eigenvalue weighted by atomic mass is 9.82. The van der Waals surface area contributed by atoms with Crippen LogP contribution in [0.15, 0.2) is 133 Å². The van der Waals surface area contributed by atoms with Gasteiger partial charge in [-0.15, -0.1) is 0 Å². The molecule has 254 valence electrons. The molecule has 2 heterocycles. The van der Waals surface area contributed by atoms with Gasteiger partial charge in [0.15, 0.2) is 0 Å². The SMILES string of the molecule is CC1(C)c2ccccc2-c2cc3c4ccccc4n(-c4cc(-n5c6ccccc6c6cc7c(cc65)C(C)(C)c5ccccc5-7)c(C#N)cc4C#N)c3cc21. The average molecular weight is 691 g/mol.